The second kappa shape index (κ2) is 7.49. The maximum absolute atomic E-state index is 9.44. The number of benzene rings is 1. The number of aliphatic hydroxyl groups excluding tert-OH is 2. The molecule has 0 amide bonds. The van der Waals surface area contributed by atoms with Crippen LogP contribution in [0, 0.1) is 0 Å². The Labute approximate surface area is 133 Å². The molecule has 1 saturated heterocycles. The minimum Gasteiger partial charge on any atom is -0.496 e. The van der Waals surface area contributed by atoms with Crippen molar-refractivity contribution in [1.82, 2.24) is 0 Å². The van der Waals surface area contributed by atoms with E-state index >= 15 is 0 Å². The first kappa shape index (κ1) is 16.6. The highest BCUT2D eigenvalue weighted by atomic mass is 32.2. The topological polar surface area (TPSA) is 68.2 Å². The van der Waals surface area contributed by atoms with Gasteiger partial charge in [-0.25, -0.2) is 0 Å². The third-order valence-electron chi connectivity index (χ3n) is 3.36. The zero-order chi connectivity index (χ0) is 15.4. The highest BCUT2D eigenvalue weighted by Crippen LogP contribution is 2.57. The molecule has 0 spiro atoms. The fourth-order valence-corrected chi connectivity index (χ4v) is 5.81. The van der Waals surface area contributed by atoms with E-state index in [2.05, 4.69) is 0 Å². The molecule has 118 valence electrons. The third kappa shape index (κ3) is 3.36. The summed E-state index contributed by atoms with van der Waals surface area (Å²) >= 11 is 3.24. The van der Waals surface area contributed by atoms with E-state index in [1.54, 1.807) is 44.9 Å². The largest absolute Gasteiger partial charge is 0.496 e. The molecule has 21 heavy (non-hydrogen) atoms. The van der Waals surface area contributed by atoms with Crippen LogP contribution in [0.3, 0.4) is 0 Å². The van der Waals surface area contributed by atoms with Crippen molar-refractivity contribution in [2.75, 3.05) is 34.5 Å². The van der Waals surface area contributed by atoms with E-state index < -0.39 is 0 Å². The zero-order valence-corrected chi connectivity index (χ0v) is 13.9. The van der Waals surface area contributed by atoms with Crippen LogP contribution in [0.2, 0.25) is 0 Å². The third-order valence-corrected chi connectivity index (χ3v) is 6.82. The number of methoxy groups -OCH3 is 3. The van der Waals surface area contributed by atoms with Crippen LogP contribution < -0.4 is 14.2 Å². The lowest BCUT2D eigenvalue weighted by atomic mass is 10.2. The minimum absolute atomic E-state index is 0.00140. The summed E-state index contributed by atoms with van der Waals surface area (Å²) in [5.74, 6) is 2.04. The Balaban J connectivity index is 2.39. The van der Waals surface area contributed by atoms with E-state index in [-0.39, 0.29) is 28.3 Å². The Hall–Kier alpha value is -0.760. The van der Waals surface area contributed by atoms with Crippen LogP contribution >= 0.6 is 23.5 Å². The van der Waals surface area contributed by atoms with Crippen LogP contribution in [-0.4, -0.2) is 55.3 Å². The predicted octanol–water partition coefficient (Wildman–Crippen LogP) is 1.91. The molecule has 0 bridgehead atoms. The molecule has 2 rings (SSSR count). The van der Waals surface area contributed by atoms with Gasteiger partial charge in [0, 0.05) is 22.6 Å². The Bertz CT molecular complexity index is 445. The molecule has 1 aliphatic rings. The second-order valence-electron chi connectivity index (χ2n) is 4.49. The maximum atomic E-state index is 9.44. The summed E-state index contributed by atoms with van der Waals surface area (Å²) in [6.45, 7) is 0.0837. The van der Waals surface area contributed by atoms with Gasteiger partial charge in [-0.3, -0.25) is 0 Å². The fraction of sp³-hybridized carbons (Fsp3) is 0.571. The molecule has 2 N–H and O–H groups in total. The quantitative estimate of drug-likeness (QED) is 0.825. The van der Waals surface area contributed by atoms with Gasteiger partial charge in [-0.1, -0.05) is 0 Å². The van der Waals surface area contributed by atoms with E-state index in [1.165, 1.54) is 0 Å². The van der Waals surface area contributed by atoms with Gasteiger partial charge in [-0.2, -0.15) is 0 Å². The molecular formula is C14H20O5S2. The van der Waals surface area contributed by atoms with Crippen LogP contribution in [-0.2, 0) is 0 Å². The van der Waals surface area contributed by atoms with Crippen LogP contribution in [0.4, 0.5) is 0 Å². The average Bonchev–Trinajstić information content (AvgIpc) is 2.96. The number of ether oxygens (including phenoxy) is 3. The van der Waals surface area contributed by atoms with Gasteiger partial charge >= 0.3 is 0 Å². The summed E-state index contributed by atoms with van der Waals surface area (Å²) < 4.78 is 16.2. The maximum Gasteiger partial charge on any atom is 0.131 e. The minimum atomic E-state index is 0.00140. The second-order valence-corrected chi connectivity index (χ2v) is 7.49. The SMILES string of the molecule is COc1cc(OC)c(C2SC(CO)C(CO)S2)c(OC)c1. The van der Waals surface area contributed by atoms with Gasteiger partial charge in [-0.05, 0) is 0 Å². The average molecular weight is 332 g/mol. The van der Waals surface area contributed by atoms with Crippen molar-refractivity contribution in [3.63, 3.8) is 0 Å². The van der Waals surface area contributed by atoms with Crippen molar-refractivity contribution in [3.05, 3.63) is 17.7 Å². The predicted molar refractivity (Wildman–Crippen MR) is 85.8 cm³/mol. The number of hydrogen-bond donors (Lipinski definition) is 2. The van der Waals surface area contributed by atoms with Crippen LogP contribution in [0.25, 0.3) is 0 Å². The molecule has 1 aliphatic heterocycles. The summed E-state index contributed by atoms with van der Waals surface area (Å²) in [6.07, 6.45) is 0. The van der Waals surface area contributed by atoms with Crippen LogP contribution in [0.15, 0.2) is 12.1 Å². The van der Waals surface area contributed by atoms with Gasteiger partial charge < -0.3 is 24.4 Å². The van der Waals surface area contributed by atoms with Crippen molar-refractivity contribution >= 4 is 23.5 Å². The summed E-state index contributed by atoms with van der Waals surface area (Å²) in [5.41, 5.74) is 0.921. The molecule has 0 saturated carbocycles. The van der Waals surface area contributed by atoms with Crippen molar-refractivity contribution in [2.45, 2.75) is 15.1 Å². The van der Waals surface area contributed by atoms with E-state index in [1.807, 2.05) is 12.1 Å². The summed E-state index contributed by atoms with van der Waals surface area (Å²) in [7, 11) is 4.81. The number of hydrogen-bond acceptors (Lipinski definition) is 7. The molecule has 5 nitrogen and oxygen atoms in total. The lowest BCUT2D eigenvalue weighted by molar-refractivity contribution is 0.254. The lowest BCUT2D eigenvalue weighted by Crippen LogP contribution is -2.22. The zero-order valence-electron chi connectivity index (χ0n) is 12.2. The normalized spacial score (nSPS) is 24.9. The Morgan fingerprint density at radius 1 is 0.905 bits per heavy atom. The molecule has 7 heteroatoms. The molecule has 2 atom stereocenters. The molecular weight excluding hydrogens is 312 g/mol. The standard InChI is InChI=1S/C14H20O5S2/c1-17-8-4-9(18-2)13(10(5-8)19-3)14-20-11(6-15)12(7-16)21-14/h4-5,11-12,14-16H,6-7H2,1-3H3. The molecule has 1 aromatic rings. The summed E-state index contributed by atoms with van der Waals surface area (Å²) in [5, 5.41) is 18.9. The lowest BCUT2D eigenvalue weighted by Gasteiger charge is -2.19. The van der Waals surface area contributed by atoms with Crippen molar-refractivity contribution < 1.29 is 24.4 Å². The van der Waals surface area contributed by atoms with Crippen LogP contribution in [0.1, 0.15) is 10.1 Å². The van der Waals surface area contributed by atoms with Gasteiger partial charge in [0.05, 0.1) is 44.7 Å². The molecule has 0 aromatic heterocycles. The summed E-state index contributed by atoms with van der Waals surface area (Å²) in [4.78, 5) is 0. The molecule has 1 aromatic carbocycles. The molecule has 0 radical (unpaired) electrons. The van der Waals surface area contributed by atoms with Gasteiger partial charge in [0.2, 0.25) is 0 Å². The highest BCUT2D eigenvalue weighted by molar-refractivity contribution is 8.20. The van der Waals surface area contributed by atoms with Crippen molar-refractivity contribution in [1.29, 1.82) is 0 Å². The smallest absolute Gasteiger partial charge is 0.131 e. The van der Waals surface area contributed by atoms with Gasteiger partial charge in [0.25, 0.3) is 0 Å². The number of rotatable bonds is 6. The van der Waals surface area contributed by atoms with Crippen molar-refractivity contribution in [2.24, 2.45) is 0 Å². The first-order chi connectivity index (χ1) is 10.2. The van der Waals surface area contributed by atoms with Crippen LogP contribution in [0.5, 0.6) is 17.2 Å². The monoisotopic (exact) mass is 332 g/mol. The summed E-state index contributed by atoms with van der Waals surface area (Å²) in [6, 6.07) is 3.64. The Kier molecular flexibility index (Phi) is 5.92. The molecule has 1 heterocycles. The van der Waals surface area contributed by atoms with E-state index in [0.29, 0.717) is 17.2 Å². The van der Waals surface area contributed by atoms with Gasteiger partial charge in [-0.15, -0.1) is 23.5 Å². The van der Waals surface area contributed by atoms with E-state index in [0.717, 1.165) is 5.56 Å². The van der Waals surface area contributed by atoms with Gasteiger partial charge in [0.1, 0.15) is 17.2 Å². The first-order valence-corrected chi connectivity index (χ1v) is 8.39. The van der Waals surface area contributed by atoms with Crippen molar-refractivity contribution in [3.8, 4) is 17.2 Å². The molecule has 1 fully saturated rings. The highest BCUT2D eigenvalue weighted by Gasteiger charge is 2.38. The molecule has 0 aliphatic carbocycles. The Morgan fingerprint density at radius 3 is 1.71 bits per heavy atom. The molecule has 2 unspecified atom stereocenters. The number of thioether (sulfide) groups is 2. The number of aliphatic hydroxyl groups is 2. The first-order valence-electron chi connectivity index (χ1n) is 6.51. The van der Waals surface area contributed by atoms with Gasteiger partial charge in [0.15, 0.2) is 0 Å². The fourth-order valence-electron chi connectivity index (χ4n) is 2.25. The van der Waals surface area contributed by atoms with E-state index in [4.69, 9.17) is 14.2 Å². The Morgan fingerprint density at radius 2 is 1.38 bits per heavy atom. The van der Waals surface area contributed by atoms with E-state index in [9.17, 15) is 10.2 Å².